The van der Waals surface area contributed by atoms with Crippen LogP contribution in [-0.2, 0) is 14.9 Å². The molecule has 0 saturated carbocycles. The van der Waals surface area contributed by atoms with Crippen LogP contribution in [0.2, 0.25) is 0 Å². The highest BCUT2D eigenvalue weighted by Crippen LogP contribution is 2.44. The van der Waals surface area contributed by atoms with Crippen LogP contribution in [0.5, 0.6) is 11.5 Å². The van der Waals surface area contributed by atoms with Gasteiger partial charge in [-0.05, 0) is 99.1 Å². The number of benzene rings is 2. The minimum absolute atomic E-state index is 0.194. The lowest BCUT2D eigenvalue weighted by Crippen LogP contribution is -2.42. The Morgan fingerprint density at radius 3 is 1.32 bits per heavy atom. The van der Waals surface area contributed by atoms with Crippen LogP contribution in [0.25, 0.3) is 0 Å². The van der Waals surface area contributed by atoms with Gasteiger partial charge in [-0.3, -0.25) is 9.80 Å². The molecule has 2 aliphatic rings. The number of aliphatic hydroxyl groups excluding tert-OH is 2. The molecule has 8 nitrogen and oxygen atoms in total. The maximum atomic E-state index is 10.5. The first-order chi connectivity index (χ1) is 19.5. The van der Waals surface area contributed by atoms with Crippen LogP contribution >= 0.6 is 63.7 Å². The molecule has 41 heavy (non-hydrogen) atoms. The average Bonchev–Trinajstić information content (AvgIpc) is 2.93. The Morgan fingerprint density at radius 2 is 1.00 bits per heavy atom. The van der Waals surface area contributed by atoms with Gasteiger partial charge in [-0.15, -0.1) is 0 Å². The van der Waals surface area contributed by atoms with E-state index in [1.54, 1.807) is 0 Å². The molecule has 0 radical (unpaired) electrons. The van der Waals surface area contributed by atoms with Gasteiger partial charge in [0.15, 0.2) is 0 Å². The van der Waals surface area contributed by atoms with E-state index in [-0.39, 0.29) is 18.6 Å². The first-order valence-corrected chi connectivity index (χ1v) is 16.9. The highest BCUT2D eigenvalue weighted by Gasteiger charge is 2.28. The zero-order valence-corrected chi connectivity index (χ0v) is 29.7. The van der Waals surface area contributed by atoms with Crippen molar-refractivity contribution in [2.75, 3.05) is 78.9 Å². The lowest BCUT2D eigenvalue weighted by Gasteiger charge is -2.30. The van der Waals surface area contributed by atoms with Crippen LogP contribution in [0.1, 0.15) is 25.0 Å². The standard InChI is InChI=1S/C29H38Br4N2O6/c1-29(2,19-11-23(30)27(24(31)12-19)40-17-21(36)15-34-3-7-38-8-4-34)20-13-25(32)28(26(33)14-20)41-18-22(37)16-35-5-9-39-10-6-35/h11-14,21-22,36-37H,3-10,15-18H2,1-2H3/t21-,22-/m1/s1. The Kier molecular flexibility index (Phi) is 12.8. The van der Waals surface area contributed by atoms with Crippen molar-refractivity contribution < 1.29 is 29.2 Å². The largest absolute Gasteiger partial charge is 0.488 e. The fraction of sp³-hybridized carbons (Fsp3) is 0.586. The zero-order valence-electron chi connectivity index (χ0n) is 23.4. The normalized spacial score (nSPS) is 18.7. The number of nitrogens with zero attached hydrogens (tertiary/aromatic N) is 2. The summed E-state index contributed by atoms with van der Waals surface area (Å²) in [5, 5.41) is 21.0. The molecule has 2 aliphatic heterocycles. The second-order valence-electron chi connectivity index (χ2n) is 10.9. The van der Waals surface area contributed by atoms with Crippen LogP contribution in [0.3, 0.4) is 0 Å². The highest BCUT2D eigenvalue weighted by molar-refractivity contribution is 9.11. The zero-order chi connectivity index (χ0) is 29.6. The van der Waals surface area contributed by atoms with Crippen molar-refractivity contribution in [2.24, 2.45) is 0 Å². The van der Waals surface area contributed by atoms with Crippen molar-refractivity contribution in [3.8, 4) is 11.5 Å². The molecule has 12 heteroatoms. The third-order valence-corrected chi connectivity index (χ3v) is 9.78. The van der Waals surface area contributed by atoms with E-state index in [1.807, 2.05) is 0 Å². The topological polar surface area (TPSA) is 83.9 Å². The number of hydrogen-bond donors (Lipinski definition) is 2. The van der Waals surface area contributed by atoms with Gasteiger partial charge in [-0.2, -0.15) is 0 Å². The van der Waals surface area contributed by atoms with Gasteiger partial charge in [0, 0.05) is 44.7 Å². The summed E-state index contributed by atoms with van der Waals surface area (Å²) in [5.74, 6) is 1.32. The SMILES string of the molecule is CC(C)(c1cc(Br)c(OC[C@H](O)CN2CCOCC2)c(Br)c1)c1cc(Br)c(OC[C@H](O)CN2CCOCC2)c(Br)c1. The van der Waals surface area contributed by atoms with Crippen molar-refractivity contribution in [3.63, 3.8) is 0 Å². The molecule has 2 saturated heterocycles. The molecule has 228 valence electrons. The van der Waals surface area contributed by atoms with Gasteiger partial charge in [-0.25, -0.2) is 0 Å². The van der Waals surface area contributed by atoms with Crippen LogP contribution in [0, 0.1) is 0 Å². The molecular weight excluding hydrogens is 792 g/mol. The fourth-order valence-electron chi connectivity index (χ4n) is 4.91. The van der Waals surface area contributed by atoms with E-state index in [0.29, 0.717) is 51.0 Å². The molecule has 2 atom stereocenters. The van der Waals surface area contributed by atoms with Gasteiger partial charge in [-0.1, -0.05) is 13.8 Å². The second-order valence-corrected chi connectivity index (χ2v) is 14.3. The van der Waals surface area contributed by atoms with Crippen LogP contribution in [0.15, 0.2) is 42.2 Å². The third kappa shape index (κ3) is 9.36. The molecule has 2 N–H and O–H groups in total. The lowest BCUT2D eigenvalue weighted by atomic mass is 9.78. The number of morpholine rings is 2. The summed E-state index contributed by atoms with van der Waals surface area (Å²) in [6.07, 6.45) is -1.20. The molecule has 0 bridgehead atoms. The minimum atomic E-state index is -0.598. The Balaban J connectivity index is 1.40. The summed E-state index contributed by atoms with van der Waals surface area (Å²) in [6, 6.07) is 8.23. The summed E-state index contributed by atoms with van der Waals surface area (Å²) in [6.45, 7) is 11.9. The van der Waals surface area contributed by atoms with Gasteiger partial charge in [0.1, 0.15) is 36.9 Å². The van der Waals surface area contributed by atoms with Crippen LogP contribution in [0.4, 0.5) is 0 Å². The van der Waals surface area contributed by atoms with Crippen molar-refractivity contribution in [1.29, 1.82) is 0 Å². The molecule has 0 amide bonds. The fourth-order valence-corrected chi connectivity index (χ4v) is 7.74. The Bertz CT molecular complexity index is 1020. The first kappa shape index (κ1) is 33.6. The maximum absolute atomic E-state index is 10.5. The van der Waals surface area contributed by atoms with Crippen molar-refractivity contribution >= 4 is 63.7 Å². The number of ether oxygens (including phenoxy) is 4. The average molecular weight is 830 g/mol. The molecule has 2 heterocycles. The minimum Gasteiger partial charge on any atom is -0.488 e. The molecule has 0 unspecified atom stereocenters. The van der Waals surface area contributed by atoms with E-state index >= 15 is 0 Å². The molecule has 2 aromatic rings. The van der Waals surface area contributed by atoms with Crippen molar-refractivity contribution in [3.05, 3.63) is 53.3 Å². The monoisotopic (exact) mass is 826 g/mol. The molecule has 0 spiro atoms. The van der Waals surface area contributed by atoms with Crippen molar-refractivity contribution in [2.45, 2.75) is 31.5 Å². The van der Waals surface area contributed by atoms with Crippen molar-refractivity contribution in [1.82, 2.24) is 9.80 Å². The summed E-state index contributed by atoms with van der Waals surface area (Å²) in [4.78, 5) is 4.38. The predicted octanol–water partition coefficient (Wildman–Crippen LogP) is 5.21. The van der Waals surface area contributed by atoms with E-state index < -0.39 is 12.2 Å². The number of aliphatic hydroxyl groups is 2. The summed E-state index contributed by atoms with van der Waals surface area (Å²) >= 11 is 14.7. The Hall–Kier alpha value is -0.280. The highest BCUT2D eigenvalue weighted by atomic mass is 79.9. The molecule has 4 rings (SSSR count). The predicted molar refractivity (Wildman–Crippen MR) is 173 cm³/mol. The third-order valence-electron chi connectivity index (χ3n) is 7.43. The molecule has 0 aromatic heterocycles. The van der Waals surface area contributed by atoms with E-state index in [1.165, 1.54) is 0 Å². The molecule has 2 fully saturated rings. The molecule has 0 aliphatic carbocycles. The second kappa shape index (κ2) is 15.6. The first-order valence-electron chi connectivity index (χ1n) is 13.8. The van der Waals surface area contributed by atoms with Gasteiger partial charge in [0.25, 0.3) is 0 Å². The van der Waals surface area contributed by atoms with Crippen LogP contribution in [-0.4, -0.2) is 111 Å². The van der Waals surface area contributed by atoms with Gasteiger partial charge >= 0.3 is 0 Å². The van der Waals surface area contributed by atoms with E-state index in [2.05, 4.69) is 112 Å². The number of halogens is 4. The molecule has 2 aromatic carbocycles. The lowest BCUT2D eigenvalue weighted by molar-refractivity contribution is 0.00439. The Morgan fingerprint density at radius 1 is 0.683 bits per heavy atom. The number of hydrogen-bond acceptors (Lipinski definition) is 8. The molecular formula is C29H38Br4N2O6. The quantitative estimate of drug-likeness (QED) is 0.302. The van der Waals surface area contributed by atoms with Crippen LogP contribution < -0.4 is 9.47 Å². The summed E-state index contributed by atoms with van der Waals surface area (Å²) in [7, 11) is 0. The number of β-amino-alcohol motifs (C(OH)–C–C–N with tert-alkyl or cyclic N) is 2. The maximum Gasteiger partial charge on any atom is 0.147 e. The van der Waals surface area contributed by atoms with E-state index in [9.17, 15) is 10.2 Å². The summed E-state index contributed by atoms with van der Waals surface area (Å²) < 4.78 is 26.0. The van der Waals surface area contributed by atoms with E-state index in [4.69, 9.17) is 18.9 Å². The summed E-state index contributed by atoms with van der Waals surface area (Å²) in [5.41, 5.74) is 1.79. The smallest absolute Gasteiger partial charge is 0.147 e. The van der Waals surface area contributed by atoms with Gasteiger partial charge in [0.05, 0.1) is 44.3 Å². The van der Waals surface area contributed by atoms with Gasteiger partial charge < -0.3 is 29.2 Å². The van der Waals surface area contributed by atoms with Gasteiger partial charge in [0.2, 0.25) is 0 Å². The Labute approximate surface area is 276 Å². The van der Waals surface area contributed by atoms with E-state index in [0.717, 1.165) is 55.2 Å². The number of rotatable bonds is 12.